The van der Waals surface area contributed by atoms with Crippen LogP contribution in [0, 0.1) is 0 Å². The third kappa shape index (κ3) is 3.17. The highest BCUT2D eigenvalue weighted by Crippen LogP contribution is 2.29. The molecule has 134 valence electrons. The Bertz CT molecular complexity index is 955. The van der Waals surface area contributed by atoms with Gasteiger partial charge in [-0.1, -0.05) is 0 Å². The van der Waals surface area contributed by atoms with Crippen molar-refractivity contribution in [3.63, 3.8) is 0 Å². The standard InChI is InChI=1S/C18H19N5O3/c1-10-5-6-20-18(24)26-11(2)15-8-19-9-16(21-15)17-13-7-12(25-10)3-4-14(13)22-23-17/h3-4,7-11H,5-6H2,1-2H3,(H,20,24)(H,22,23)/t10-,11+/m1/s1. The molecule has 4 bridgehead atoms. The van der Waals surface area contributed by atoms with Crippen LogP contribution in [0.15, 0.2) is 30.6 Å². The molecule has 1 aliphatic heterocycles. The lowest BCUT2D eigenvalue weighted by Gasteiger charge is -2.16. The van der Waals surface area contributed by atoms with Gasteiger partial charge in [0.2, 0.25) is 0 Å². The Morgan fingerprint density at radius 3 is 2.96 bits per heavy atom. The number of H-pyrrole nitrogens is 1. The number of nitrogens with one attached hydrogen (secondary N) is 2. The lowest BCUT2D eigenvalue weighted by Crippen LogP contribution is -2.29. The Morgan fingerprint density at radius 2 is 2.08 bits per heavy atom. The number of hydrogen-bond donors (Lipinski definition) is 2. The minimum atomic E-state index is -0.526. The second kappa shape index (κ2) is 6.62. The molecule has 2 atom stereocenters. The number of aromatic amines is 1. The van der Waals surface area contributed by atoms with Gasteiger partial charge in [0.15, 0.2) is 0 Å². The van der Waals surface area contributed by atoms with Crippen molar-refractivity contribution < 1.29 is 14.3 Å². The van der Waals surface area contributed by atoms with E-state index in [0.29, 0.717) is 30.0 Å². The van der Waals surface area contributed by atoms with Gasteiger partial charge in [0.05, 0.1) is 29.7 Å². The van der Waals surface area contributed by atoms with Gasteiger partial charge in [-0.3, -0.25) is 10.1 Å². The van der Waals surface area contributed by atoms with E-state index in [9.17, 15) is 4.79 Å². The van der Waals surface area contributed by atoms with Crippen LogP contribution < -0.4 is 10.1 Å². The summed E-state index contributed by atoms with van der Waals surface area (Å²) in [7, 11) is 0. The van der Waals surface area contributed by atoms with E-state index in [1.807, 2.05) is 25.1 Å². The molecule has 2 aromatic heterocycles. The van der Waals surface area contributed by atoms with Crippen molar-refractivity contribution >= 4 is 17.0 Å². The molecule has 26 heavy (non-hydrogen) atoms. The van der Waals surface area contributed by atoms with Gasteiger partial charge in [-0.15, -0.1) is 0 Å². The first-order valence-corrected chi connectivity index (χ1v) is 8.52. The largest absolute Gasteiger partial charge is 0.491 e. The number of hydrogen-bond acceptors (Lipinski definition) is 6. The van der Waals surface area contributed by atoms with Crippen LogP contribution in [0.3, 0.4) is 0 Å². The Kier molecular flexibility index (Phi) is 4.16. The van der Waals surface area contributed by atoms with Crippen molar-refractivity contribution in [3.8, 4) is 17.1 Å². The number of alkyl carbamates (subject to hydrolysis) is 1. The summed E-state index contributed by atoms with van der Waals surface area (Å²) < 4.78 is 11.3. The minimum Gasteiger partial charge on any atom is -0.491 e. The molecule has 3 aromatic rings. The van der Waals surface area contributed by atoms with E-state index in [-0.39, 0.29) is 6.10 Å². The maximum Gasteiger partial charge on any atom is 0.407 e. The Labute approximate surface area is 149 Å². The van der Waals surface area contributed by atoms with Crippen LogP contribution in [-0.4, -0.2) is 38.9 Å². The average molecular weight is 353 g/mol. The van der Waals surface area contributed by atoms with Gasteiger partial charge in [-0.05, 0) is 32.0 Å². The zero-order chi connectivity index (χ0) is 18.1. The molecule has 8 nitrogen and oxygen atoms in total. The normalized spacial score (nSPS) is 20.6. The molecule has 8 heteroatoms. The number of rotatable bonds is 0. The van der Waals surface area contributed by atoms with Gasteiger partial charge >= 0.3 is 6.09 Å². The number of amides is 1. The number of fused-ring (bicyclic) bond motifs is 4. The molecule has 3 heterocycles. The summed E-state index contributed by atoms with van der Waals surface area (Å²) in [5.41, 5.74) is 2.73. The SMILES string of the molecule is C[C@@H]1CCNC(=O)O[C@@H](C)c2cncc(n2)-c2n[nH]c3ccc(cc23)O1. The quantitative estimate of drug-likeness (QED) is 0.644. The van der Waals surface area contributed by atoms with E-state index < -0.39 is 12.2 Å². The molecular weight excluding hydrogens is 334 g/mol. The third-order valence-electron chi connectivity index (χ3n) is 4.29. The second-order valence-electron chi connectivity index (χ2n) is 6.30. The van der Waals surface area contributed by atoms with E-state index in [2.05, 4.69) is 25.5 Å². The average Bonchev–Trinajstić information content (AvgIpc) is 3.04. The first-order valence-electron chi connectivity index (χ1n) is 8.52. The van der Waals surface area contributed by atoms with Crippen LogP contribution in [0.25, 0.3) is 22.3 Å². The second-order valence-corrected chi connectivity index (χ2v) is 6.30. The van der Waals surface area contributed by atoms with Crippen LogP contribution in [0.5, 0.6) is 5.75 Å². The predicted molar refractivity (Wildman–Crippen MR) is 94.7 cm³/mol. The highest BCUT2D eigenvalue weighted by atomic mass is 16.6. The maximum atomic E-state index is 12.0. The third-order valence-corrected chi connectivity index (χ3v) is 4.29. The summed E-state index contributed by atoms with van der Waals surface area (Å²) >= 11 is 0. The minimum absolute atomic E-state index is 0.0634. The van der Waals surface area contributed by atoms with Crippen molar-refractivity contribution in [2.75, 3.05) is 6.54 Å². The highest BCUT2D eigenvalue weighted by molar-refractivity contribution is 5.92. The molecule has 0 spiro atoms. The predicted octanol–water partition coefficient (Wildman–Crippen LogP) is 2.98. The number of benzene rings is 1. The molecule has 0 unspecified atom stereocenters. The zero-order valence-electron chi connectivity index (χ0n) is 14.5. The van der Waals surface area contributed by atoms with Crippen LogP contribution in [-0.2, 0) is 4.74 Å². The molecule has 0 saturated heterocycles. The number of ether oxygens (including phenoxy) is 2. The Morgan fingerprint density at radius 1 is 1.19 bits per heavy atom. The van der Waals surface area contributed by atoms with Crippen LogP contribution in [0.1, 0.15) is 32.1 Å². The van der Waals surface area contributed by atoms with Gasteiger partial charge in [-0.2, -0.15) is 5.10 Å². The van der Waals surface area contributed by atoms with E-state index >= 15 is 0 Å². The topological polar surface area (TPSA) is 102 Å². The van der Waals surface area contributed by atoms with E-state index in [1.54, 1.807) is 19.3 Å². The number of carbonyl (C=O) groups excluding carboxylic acids is 1. The first kappa shape index (κ1) is 16.3. The lowest BCUT2D eigenvalue weighted by molar-refractivity contribution is 0.103. The Hall–Kier alpha value is -3.16. The van der Waals surface area contributed by atoms with E-state index in [0.717, 1.165) is 16.7 Å². The highest BCUT2D eigenvalue weighted by Gasteiger charge is 2.18. The van der Waals surface area contributed by atoms with Crippen molar-refractivity contribution in [3.05, 3.63) is 36.3 Å². The van der Waals surface area contributed by atoms with Crippen LogP contribution >= 0.6 is 0 Å². The summed E-state index contributed by atoms with van der Waals surface area (Å²) in [5.74, 6) is 0.739. The molecule has 1 amide bonds. The van der Waals surface area contributed by atoms with Gasteiger partial charge in [0.25, 0.3) is 0 Å². The van der Waals surface area contributed by atoms with Gasteiger partial charge < -0.3 is 14.8 Å². The molecule has 0 radical (unpaired) electrons. The zero-order valence-corrected chi connectivity index (χ0v) is 14.5. The lowest BCUT2D eigenvalue weighted by atomic mass is 10.1. The summed E-state index contributed by atoms with van der Waals surface area (Å²) in [6.07, 6.45) is 2.81. The fraction of sp³-hybridized carbons (Fsp3) is 0.333. The number of aromatic nitrogens is 4. The molecule has 0 saturated carbocycles. The van der Waals surface area contributed by atoms with Crippen molar-refractivity contribution in [1.82, 2.24) is 25.5 Å². The van der Waals surface area contributed by atoms with E-state index in [1.165, 1.54) is 0 Å². The summed E-state index contributed by atoms with van der Waals surface area (Å²) in [6, 6.07) is 5.76. The van der Waals surface area contributed by atoms with Crippen molar-refractivity contribution in [2.45, 2.75) is 32.5 Å². The van der Waals surface area contributed by atoms with Crippen LogP contribution in [0.4, 0.5) is 4.79 Å². The fourth-order valence-corrected chi connectivity index (χ4v) is 2.88. The number of cyclic esters (lactones) is 1. The monoisotopic (exact) mass is 353 g/mol. The summed E-state index contributed by atoms with van der Waals surface area (Å²) in [5, 5.41) is 11.0. The molecule has 2 N–H and O–H groups in total. The maximum absolute atomic E-state index is 12.0. The van der Waals surface area contributed by atoms with Crippen molar-refractivity contribution in [1.29, 1.82) is 0 Å². The number of nitrogens with zero attached hydrogens (tertiary/aromatic N) is 3. The first-order chi connectivity index (χ1) is 12.6. The molecule has 1 aliphatic rings. The summed E-state index contributed by atoms with van der Waals surface area (Å²) in [4.78, 5) is 20.8. The van der Waals surface area contributed by atoms with Gasteiger partial charge in [-0.25, -0.2) is 9.78 Å². The molecule has 1 aromatic carbocycles. The Balaban J connectivity index is 1.82. The fourth-order valence-electron chi connectivity index (χ4n) is 2.88. The van der Waals surface area contributed by atoms with Gasteiger partial charge in [0.1, 0.15) is 23.2 Å². The summed E-state index contributed by atoms with van der Waals surface area (Å²) in [6.45, 7) is 4.18. The molecule has 0 aliphatic carbocycles. The molecular formula is C18H19N5O3. The van der Waals surface area contributed by atoms with Crippen molar-refractivity contribution in [2.24, 2.45) is 0 Å². The van der Waals surface area contributed by atoms with E-state index in [4.69, 9.17) is 9.47 Å². The van der Waals surface area contributed by atoms with Crippen LogP contribution in [0.2, 0.25) is 0 Å². The molecule has 4 rings (SSSR count). The number of carbonyl (C=O) groups is 1. The molecule has 0 fully saturated rings. The van der Waals surface area contributed by atoms with Gasteiger partial charge in [0, 0.05) is 18.4 Å². The smallest absolute Gasteiger partial charge is 0.407 e.